The first kappa shape index (κ1) is 33.6. The van der Waals surface area contributed by atoms with E-state index in [4.69, 9.17) is 19.5 Å². The third kappa shape index (κ3) is 6.47. The Morgan fingerprint density at radius 1 is 0.500 bits per heavy atom. The number of para-hydroxylation sites is 6. The molecule has 7 aromatic rings. The molecule has 5 nitrogen and oxygen atoms in total. The first-order valence-corrected chi connectivity index (χ1v) is 19.4. The summed E-state index contributed by atoms with van der Waals surface area (Å²) in [5, 5.41) is 0. The van der Waals surface area contributed by atoms with Gasteiger partial charge < -0.3 is 14.4 Å². The summed E-state index contributed by atoms with van der Waals surface area (Å²) in [4.78, 5) is 12.8. The van der Waals surface area contributed by atoms with Crippen LogP contribution < -0.4 is 14.4 Å². The summed E-state index contributed by atoms with van der Waals surface area (Å²) >= 11 is 0. The lowest BCUT2D eigenvalue weighted by molar-refractivity contribution is 0.441. The predicted octanol–water partition coefficient (Wildman–Crippen LogP) is 13.2. The van der Waals surface area contributed by atoms with E-state index < -0.39 is 0 Å². The number of aryl methyl sites for hydroxylation is 1. The molecule has 0 bridgehead atoms. The van der Waals surface area contributed by atoms with Crippen LogP contribution in [0.4, 0.5) is 17.1 Å². The Hall–Kier alpha value is -6.98. The van der Waals surface area contributed by atoms with Crippen molar-refractivity contribution in [3.05, 3.63) is 215 Å². The van der Waals surface area contributed by atoms with Gasteiger partial charge in [0, 0.05) is 33.9 Å². The van der Waals surface area contributed by atoms with Gasteiger partial charge in [-0.3, -0.25) is 0 Å². The molecule has 0 amide bonds. The molecule has 0 saturated heterocycles. The first-order chi connectivity index (χ1) is 27.7. The average Bonchev–Trinajstić information content (AvgIpc) is 3.25. The van der Waals surface area contributed by atoms with Crippen molar-refractivity contribution in [2.75, 3.05) is 4.90 Å². The number of amidine groups is 1. The number of allylic oxidation sites excluding steroid dienone is 1. The van der Waals surface area contributed by atoms with E-state index in [1.54, 1.807) is 0 Å². The van der Waals surface area contributed by atoms with E-state index in [-0.39, 0.29) is 0 Å². The van der Waals surface area contributed by atoms with Gasteiger partial charge in [0.25, 0.3) is 0 Å². The van der Waals surface area contributed by atoms with Gasteiger partial charge in [-0.25, -0.2) is 9.98 Å². The lowest BCUT2D eigenvalue weighted by atomic mass is 9.84. The second kappa shape index (κ2) is 14.7. The van der Waals surface area contributed by atoms with Crippen LogP contribution in [0.25, 0.3) is 5.70 Å². The Morgan fingerprint density at radius 2 is 1.05 bits per heavy atom. The molecule has 5 heteroatoms. The summed E-state index contributed by atoms with van der Waals surface area (Å²) < 4.78 is 12.5. The van der Waals surface area contributed by atoms with Gasteiger partial charge in [-0.1, -0.05) is 133 Å². The van der Waals surface area contributed by atoms with Gasteiger partial charge in [0.1, 0.15) is 11.5 Å². The highest BCUT2D eigenvalue weighted by atomic mass is 16.5. The average molecular weight is 726 g/mol. The standard InChI is InChI=1S/C51H39N3O2/c1-2-13-38(14-3-1)51-52-43(36-28-25-35(26-29-36)27-34-40-41-15-4-8-21-47(41)55-48-22-9-5-16-42(40)48)17-12-18-44(53-51)37-30-32-39(33-31-37)54-45-19-6-10-23-49(45)56-50-24-11-7-20-46(50)54/h1-11,13-16,18-26,28-33,40H,12,17,27,34H2/b44-18-,52-43+,53-51-. The molecule has 3 aliphatic heterocycles. The third-order valence-corrected chi connectivity index (χ3v) is 10.9. The van der Waals surface area contributed by atoms with Gasteiger partial charge in [0.05, 0.1) is 22.8 Å². The molecule has 3 heterocycles. The summed E-state index contributed by atoms with van der Waals surface area (Å²) in [6.45, 7) is 0. The van der Waals surface area contributed by atoms with Crippen LogP contribution in [0.1, 0.15) is 58.6 Å². The maximum Gasteiger partial charge on any atom is 0.160 e. The van der Waals surface area contributed by atoms with Crippen molar-refractivity contribution in [1.29, 1.82) is 0 Å². The SMILES string of the molecule is C1=C(c2ccc(N3c4ccccc4Oc4ccccc43)cc2)/N=C(c2ccccc2)\N=C(\c2ccc(CCC3c4ccccc4Oc4ccccc43)cc2)CC\1. The van der Waals surface area contributed by atoms with Crippen molar-refractivity contribution in [3.8, 4) is 23.0 Å². The number of fused-ring (bicyclic) bond motifs is 4. The summed E-state index contributed by atoms with van der Waals surface area (Å²) in [5.41, 5.74) is 12.1. The molecule has 0 atom stereocenters. The summed E-state index contributed by atoms with van der Waals surface area (Å²) in [7, 11) is 0. The van der Waals surface area contributed by atoms with Crippen molar-refractivity contribution < 1.29 is 9.47 Å². The molecule has 0 aromatic heterocycles. The molecule has 0 spiro atoms. The number of aliphatic imine (C=N–C) groups is 2. The van der Waals surface area contributed by atoms with Crippen LogP contribution in [-0.2, 0) is 6.42 Å². The van der Waals surface area contributed by atoms with Crippen molar-refractivity contribution in [1.82, 2.24) is 0 Å². The molecular formula is C51H39N3O2. The van der Waals surface area contributed by atoms with Gasteiger partial charge >= 0.3 is 0 Å². The molecule has 7 aromatic carbocycles. The Bertz CT molecular complexity index is 2550. The highest BCUT2D eigenvalue weighted by Crippen LogP contribution is 2.50. The fraction of sp³-hybridized carbons (Fsp3) is 0.0980. The Morgan fingerprint density at radius 3 is 1.71 bits per heavy atom. The molecule has 0 radical (unpaired) electrons. The van der Waals surface area contributed by atoms with Gasteiger partial charge in [-0.2, -0.15) is 0 Å². The van der Waals surface area contributed by atoms with Crippen LogP contribution in [0.15, 0.2) is 192 Å². The largest absolute Gasteiger partial charge is 0.457 e. The number of benzene rings is 7. The van der Waals surface area contributed by atoms with E-state index in [1.807, 2.05) is 66.7 Å². The second-order valence-electron chi connectivity index (χ2n) is 14.4. The van der Waals surface area contributed by atoms with Crippen molar-refractivity contribution >= 4 is 34.3 Å². The number of rotatable bonds is 7. The van der Waals surface area contributed by atoms with Crippen LogP contribution in [0.2, 0.25) is 0 Å². The zero-order valence-corrected chi connectivity index (χ0v) is 30.9. The Labute approximate surface area is 327 Å². The quantitative estimate of drug-likeness (QED) is 0.164. The highest BCUT2D eigenvalue weighted by molar-refractivity contribution is 6.14. The number of hydrogen-bond donors (Lipinski definition) is 0. The molecule has 0 fully saturated rings. The maximum absolute atomic E-state index is 6.25. The minimum Gasteiger partial charge on any atom is -0.457 e. The summed E-state index contributed by atoms with van der Waals surface area (Å²) in [6.07, 6.45) is 5.86. The van der Waals surface area contributed by atoms with E-state index >= 15 is 0 Å². The number of anilines is 3. The van der Waals surface area contributed by atoms with E-state index in [2.05, 4.69) is 120 Å². The van der Waals surface area contributed by atoms with E-state index in [9.17, 15) is 0 Å². The highest BCUT2D eigenvalue weighted by Gasteiger charge is 2.27. The van der Waals surface area contributed by atoms with Crippen LogP contribution in [0, 0.1) is 0 Å². The topological polar surface area (TPSA) is 46.4 Å². The predicted molar refractivity (Wildman–Crippen MR) is 227 cm³/mol. The van der Waals surface area contributed by atoms with E-state index in [0.29, 0.717) is 11.8 Å². The minimum atomic E-state index is 0.292. The zero-order valence-electron chi connectivity index (χ0n) is 30.9. The minimum absolute atomic E-state index is 0.292. The number of hydrogen-bond acceptors (Lipinski definition) is 5. The fourth-order valence-electron chi connectivity index (χ4n) is 8.08. The van der Waals surface area contributed by atoms with Crippen LogP contribution >= 0.6 is 0 Å². The molecule has 0 aliphatic carbocycles. The van der Waals surface area contributed by atoms with Gasteiger partial charge in [0.2, 0.25) is 0 Å². The van der Waals surface area contributed by atoms with Gasteiger partial charge in [0.15, 0.2) is 17.3 Å². The van der Waals surface area contributed by atoms with Crippen LogP contribution in [0.5, 0.6) is 23.0 Å². The second-order valence-corrected chi connectivity index (χ2v) is 14.4. The molecule has 10 rings (SSSR count). The Kier molecular flexibility index (Phi) is 8.81. The summed E-state index contributed by atoms with van der Waals surface area (Å²) in [6, 6.07) is 61.2. The number of nitrogens with zero attached hydrogens (tertiary/aromatic N) is 3. The monoisotopic (exact) mass is 725 g/mol. The van der Waals surface area contributed by atoms with Crippen LogP contribution in [0.3, 0.4) is 0 Å². The Balaban J connectivity index is 0.915. The fourth-order valence-corrected chi connectivity index (χ4v) is 8.08. The van der Waals surface area contributed by atoms with Crippen molar-refractivity contribution in [2.45, 2.75) is 31.6 Å². The van der Waals surface area contributed by atoms with Gasteiger partial charge in [-0.15, -0.1) is 0 Å². The third-order valence-electron chi connectivity index (χ3n) is 10.9. The lowest BCUT2D eigenvalue weighted by Crippen LogP contribution is -2.15. The van der Waals surface area contributed by atoms with E-state index in [0.717, 1.165) is 93.8 Å². The normalized spacial score (nSPS) is 17.4. The summed E-state index contributed by atoms with van der Waals surface area (Å²) in [5.74, 6) is 4.61. The first-order valence-electron chi connectivity index (χ1n) is 19.4. The molecular weight excluding hydrogens is 687 g/mol. The molecule has 3 aliphatic rings. The molecule has 0 unspecified atom stereocenters. The maximum atomic E-state index is 6.25. The zero-order chi connectivity index (χ0) is 37.3. The molecule has 0 saturated carbocycles. The smallest absolute Gasteiger partial charge is 0.160 e. The van der Waals surface area contributed by atoms with E-state index in [1.165, 1.54) is 16.7 Å². The molecule has 56 heavy (non-hydrogen) atoms. The van der Waals surface area contributed by atoms with Crippen molar-refractivity contribution in [3.63, 3.8) is 0 Å². The number of ether oxygens (including phenoxy) is 2. The van der Waals surface area contributed by atoms with Gasteiger partial charge in [-0.05, 0) is 85.3 Å². The molecule has 0 N–H and O–H groups in total. The lowest BCUT2D eigenvalue weighted by Gasteiger charge is -2.32. The van der Waals surface area contributed by atoms with Crippen LogP contribution in [-0.4, -0.2) is 11.5 Å². The van der Waals surface area contributed by atoms with Crippen molar-refractivity contribution in [2.24, 2.45) is 9.98 Å². The molecule has 270 valence electrons.